The second-order valence-corrected chi connectivity index (χ2v) is 2.66. The smallest absolute Gasteiger partial charge is 0.123 e. The number of hydrogen-bond acceptors (Lipinski definition) is 2. The Morgan fingerprint density at radius 3 is 1.86 bits per heavy atom. The predicted octanol–water partition coefficient (Wildman–Crippen LogP) is 0.607. The summed E-state index contributed by atoms with van der Waals surface area (Å²) in [5.74, 6) is -0.178. The van der Waals surface area contributed by atoms with Crippen molar-refractivity contribution in [3.8, 4) is 0 Å². The number of ether oxygens (including phenoxy) is 1. The number of rotatable bonds is 0. The van der Waals surface area contributed by atoms with Crippen molar-refractivity contribution >= 4 is 0 Å². The van der Waals surface area contributed by atoms with Gasteiger partial charge in [0.2, 0.25) is 0 Å². The van der Waals surface area contributed by atoms with E-state index < -0.39 is 0 Å². The molecule has 3 N–H and O–H groups in total. The fourth-order valence-electron chi connectivity index (χ4n) is 0.930. The molecule has 14 heavy (non-hydrogen) atoms. The van der Waals surface area contributed by atoms with Gasteiger partial charge in [0, 0.05) is 13.1 Å². The monoisotopic (exact) mass is 201 g/mol. The van der Waals surface area contributed by atoms with E-state index in [0.29, 0.717) is 0 Å². The van der Waals surface area contributed by atoms with Gasteiger partial charge in [-0.1, -0.05) is 18.2 Å². The van der Waals surface area contributed by atoms with E-state index in [9.17, 15) is 4.39 Å². The van der Waals surface area contributed by atoms with Gasteiger partial charge in [0.15, 0.2) is 0 Å². The van der Waals surface area contributed by atoms with Crippen molar-refractivity contribution in [1.29, 1.82) is 0 Å². The van der Waals surface area contributed by atoms with Crippen LogP contribution in [0, 0.1) is 5.82 Å². The highest BCUT2D eigenvalue weighted by Gasteiger charge is 1.92. The molecule has 80 valence electrons. The fraction of sp³-hybridized carbons (Fsp3) is 0.400. The summed E-state index contributed by atoms with van der Waals surface area (Å²) in [5, 5.41) is 3.16. The van der Waals surface area contributed by atoms with Crippen LogP contribution in [0.4, 0.5) is 4.39 Å². The standard InChI is InChI=1S/C6H5F.C4H9NO.H2O/c7-6-4-2-1-3-5-6;1-3-6-4-2-5-1;/h1-5H;5H,1-4H2;1H2. The summed E-state index contributed by atoms with van der Waals surface area (Å²) in [7, 11) is 0. The summed E-state index contributed by atoms with van der Waals surface area (Å²) in [6.45, 7) is 3.83. The van der Waals surface area contributed by atoms with Crippen LogP contribution in [0.2, 0.25) is 0 Å². The molecule has 0 atom stereocenters. The zero-order chi connectivity index (χ0) is 9.36. The van der Waals surface area contributed by atoms with E-state index in [2.05, 4.69) is 5.32 Å². The lowest BCUT2D eigenvalue weighted by Crippen LogP contribution is -2.30. The first-order chi connectivity index (χ1) is 6.39. The molecule has 1 aliphatic rings. The van der Waals surface area contributed by atoms with Gasteiger partial charge in [0.1, 0.15) is 5.82 Å². The zero-order valence-electron chi connectivity index (χ0n) is 8.00. The van der Waals surface area contributed by atoms with Gasteiger partial charge in [-0.15, -0.1) is 0 Å². The Balaban J connectivity index is 0.000000227. The number of hydrogen-bond donors (Lipinski definition) is 1. The van der Waals surface area contributed by atoms with Crippen molar-refractivity contribution in [2.75, 3.05) is 26.3 Å². The highest BCUT2D eigenvalue weighted by atomic mass is 19.1. The molecule has 2 rings (SSSR count). The van der Waals surface area contributed by atoms with Crippen LogP contribution in [0.3, 0.4) is 0 Å². The molecule has 0 unspecified atom stereocenters. The van der Waals surface area contributed by atoms with Gasteiger partial charge in [0.05, 0.1) is 13.2 Å². The van der Waals surface area contributed by atoms with E-state index >= 15 is 0 Å². The van der Waals surface area contributed by atoms with Gasteiger partial charge < -0.3 is 15.5 Å². The third kappa shape index (κ3) is 6.54. The minimum absolute atomic E-state index is 0. The summed E-state index contributed by atoms with van der Waals surface area (Å²) in [5.41, 5.74) is 0. The van der Waals surface area contributed by atoms with E-state index in [1.54, 1.807) is 18.2 Å². The zero-order valence-corrected chi connectivity index (χ0v) is 8.00. The quantitative estimate of drug-likeness (QED) is 0.668. The maximum atomic E-state index is 11.9. The van der Waals surface area contributed by atoms with Crippen molar-refractivity contribution in [2.45, 2.75) is 0 Å². The van der Waals surface area contributed by atoms with Gasteiger partial charge in [-0.05, 0) is 12.1 Å². The summed E-state index contributed by atoms with van der Waals surface area (Å²) in [4.78, 5) is 0. The SMILES string of the molecule is C1COCCN1.Fc1ccccc1.O. The Kier molecular flexibility index (Phi) is 8.02. The molecular formula is C10H16FNO2. The molecule has 0 aromatic heterocycles. The third-order valence-corrected chi connectivity index (χ3v) is 1.58. The van der Waals surface area contributed by atoms with E-state index in [-0.39, 0.29) is 11.3 Å². The Morgan fingerprint density at radius 1 is 1.07 bits per heavy atom. The van der Waals surface area contributed by atoms with Crippen molar-refractivity contribution < 1.29 is 14.6 Å². The van der Waals surface area contributed by atoms with Gasteiger partial charge in [-0.2, -0.15) is 0 Å². The largest absolute Gasteiger partial charge is 0.412 e. The van der Waals surface area contributed by atoms with E-state index in [0.717, 1.165) is 26.3 Å². The molecule has 0 saturated carbocycles. The van der Waals surface area contributed by atoms with Gasteiger partial charge >= 0.3 is 0 Å². The van der Waals surface area contributed by atoms with Crippen molar-refractivity contribution in [1.82, 2.24) is 5.32 Å². The highest BCUT2D eigenvalue weighted by Crippen LogP contribution is 1.91. The third-order valence-electron chi connectivity index (χ3n) is 1.58. The van der Waals surface area contributed by atoms with Gasteiger partial charge in [0.25, 0.3) is 0 Å². The minimum Gasteiger partial charge on any atom is -0.412 e. The first-order valence-electron chi connectivity index (χ1n) is 4.38. The van der Waals surface area contributed by atoms with Crippen LogP contribution < -0.4 is 5.32 Å². The first kappa shape index (κ1) is 13.0. The Morgan fingerprint density at radius 2 is 1.64 bits per heavy atom. The molecule has 1 fully saturated rings. The second-order valence-electron chi connectivity index (χ2n) is 2.66. The Labute approximate surface area is 83.2 Å². The Hall–Kier alpha value is -0.970. The van der Waals surface area contributed by atoms with Gasteiger partial charge in [-0.25, -0.2) is 4.39 Å². The van der Waals surface area contributed by atoms with Crippen molar-refractivity contribution in [2.24, 2.45) is 0 Å². The molecule has 0 amide bonds. The predicted molar refractivity (Wildman–Crippen MR) is 53.7 cm³/mol. The topological polar surface area (TPSA) is 52.8 Å². The number of nitrogens with one attached hydrogen (secondary N) is 1. The first-order valence-corrected chi connectivity index (χ1v) is 4.38. The number of halogens is 1. The second kappa shape index (κ2) is 8.62. The molecule has 0 aliphatic carbocycles. The maximum absolute atomic E-state index is 11.9. The average molecular weight is 201 g/mol. The highest BCUT2D eigenvalue weighted by molar-refractivity contribution is 5.02. The summed E-state index contributed by atoms with van der Waals surface area (Å²) in [6.07, 6.45) is 0. The van der Waals surface area contributed by atoms with E-state index in [1.807, 2.05) is 0 Å². The van der Waals surface area contributed by atoms with Crippen LogP contribution in [0.5, 0.6) is 0 Å². The van der Waals surface area contributed by atoms with Crippen LogP contribution in [-0.2, 0) is 4.74 Å². The molecule has 1 heterocycles. The lowest BCUT2D eigenvalue weighted by atomic mass is 10.4. The molecule has 1 aliphatic heterocycles. The minimum atomic E-state index is -0.178. The lowest BCUT2D eigenvalue weighted by Gasteiger charge is -2.10. The average Bonchev–Trinajstić information content (AvgIpc) is 2.22. The molecular weight excluding hydrogens is 185 g/mol. The number of morpholine rings is 1. The van der Waals surface area contributed by atoms with Crippen LogP contribution in [0.15, 0.2) is 30.3 Å². The van der Waals surface area contributed by atoms with Gasteiger partial charge in [-0.3, -0.25) is 0 Å². The molecule has 3 nitrogen and oxygen atoms in total. The summed E-state index contributed by atoms with van der Waals surface area (Å²) < 4.78 is 16.9. The molecule has 1 saturated heterocycles. The van der Waals surface area contributed by atoms with Crippen molar-refractivity contribution in [3.63, 3.8) is 0 Å². The van der Waals surface area contributed by atoms with Crippen LogP contribution >= 0.6 is 0 Å². The molecule has 0 bridgehead atoms. The molecule has 0 spiro atoms. The summed E-state index contributed by atoms with van der Waals surface area (Å²) >= 11 is 0. The van der Waals surface area contributed by atoms with Crippen LogP contribution in [-0.4, -0.2) is 31.8 Å². The van der Waals surface area contributed by atoms with Crippen LogP contribution in [0.1, 0.15) is 0 Å². The van der Waals surface area contributed by atoms with Crippen LogP contribution in [0.25, 0.3) is 0 Å². The summed E-state index contributed by atoms with van der Waals surface area (Å²) in [6, 6.07) is 7.94. The molecule has 1 aromatic rings. The van der Waals surface area contributed by atoms with E-state index in [1.165, 1.54) is 12.1 Å². The Bertz CT molecular complexity index is 203. The maximum Gasteiger partial charge on any atom is 0.123 e. The normalized spacial score (nSPS) is 14.6. The molecule has 0 radical (unpaired) electrons. The van der Waals surface area contributed by atoms with E-state index in [4.69, 9.17) is 4.74 Å². The van der Waals surface area contributed by atoms with Crippen molar-refractivity contribution in [3.05, 3.63) is 36.1 Å². The number of benzene rings is 1. The molecule has 4 heteroatoms. The fourth-order valence-corrected chi connectivity index (χ4v) is 0.930. The lowest BCUT2D eigenvalue weighted by molar-refractivity contribution is 0.109. The molecule has 1 aromatic carbocycles.